The molecule has 0 aliphatic carbocycles. The smallest absolute Gasteiger partial charge is 0.223 e. The maximum absolute atomic E-state index is 12.8. The molecular formula is C20H27N3O2. The number of aromatic nitrogens is 2. The number of ether oxygens (including phenoxy) is 1. The van der Waals surface area contributed by atoms with Crippen LogP contribution in [0.25, 0.3) is 0 Å². The molecule has 1 fully saturated rings. The molecular weight excluding hydrogens is 314 g/mol. The van der Waals surface area contributed by atoms with Crippen molar-refractivity contribution in [2.24, 2.45) is 0 Å². The van der Waals surface area contributed by atoms with Gasteiger partial charge >= 0.3 is 0 Å². The van der Waals surface area contributed by atoms with Crippen LogP contribution in [0.5, 0.6) is 5.75 Å². The lowest BCUT2D eigenvalue weighted by Crippen LogP contribution is -2.38. The summed E-state index contributed by atoms with van der Waals surface area (Å²) >= 11 is 0. The fourth-order valence-corrected chi connectivity index (χ4v) is 3.57. The minimum Gasteiger partial charge on any atom is -0.494 e. The molecule has 1 aromatic carbocycles. The molecule has 5 heteroatoms. The van der Waals surface area contributed by atoms with Crippen molar-refractivity contribution < 1.29 is 9.53 Å². The van der Waals surface area contributed by atoms with Crippen LogP contribution in [0.2, 0.25) is 0 Å². The molecule has 1 amide bonds. The van der Waals surface area contributed by atoms with E-state index < -0.39 is 0 Å². The summed E-state index contributed by atoms with van der Waals surface area (Å²) in [5.41, 5.74) is 1.11. The van der Waals surface area contributed by atoms with Crippen LogP contribution in [0.3, 0.4) is 0 Å². The minimum atomic E-state index is 0.242. The van der Waals surface area contributed by atoms with E-state index in [2.05, 4.69) is 20.5 Å². The predicted molar refractivity (Wildman–Crippen MR) is 97.6 cm³/mol. The van der Waals surface area contributed by atoms with Crippen LogP contribution in [-0.4, -0.2) is 39.6 Å². The fraction of sp³-hybridized carbons (Fsp3) is 0.500. The molecule has 1 aromatic heterocycles. The average molecular weight is 341 g/mol. The summed E-state index contributed by atoms with van der Waals surface area (Å²) in [6.45, 7) is 6.33. The topological polar surface area (TPSA) is 47.4 Å². The zero-order valence-electron chi connectivity index (χ0n) is 15.1. The van der Waals surface area contributed by atoms with Crippen molar-refractivity contribution in [3.8, 4) is 5.75 Å². The van der Waals surface area contributed by atoms with Gasteiger partial charge in [-0.1, -0.05) is 18.2 Å². The second kappa shape index (κ2) is 8.19. The molecule has 0 radical (unpaired) electrons. The molecule has 1 saturated heterocycles. The molecule has 1 unspecified atom stereocenters. The van der Waals surface area contributed by atoms with Gasteiger partial charge in [0.1, 0.15) is 11.6 Å². The Hall–Kier alpha value is -2.30. The number of para-hydroxylation sites is 1. The second-order valence-corrected chi connectivity index (χ2v) is 6.55. The molecule has 1 atom stereocenters. The third kappa shape index (κ3) is 4.21. The fourth-order valence-electron chi connectivity index (χ4n) is 3.57. The quantitative estimate of drug-likeness (QED) is 0.777. The number of carbonyl (C=O) groups is 1. The molecule has 0 bridgehead atoms. The molecule has 5 nitrogen and oxygen atoms in total. The molecule has 1 aliphatic heterocycles. The molecule has 0 N–H and O–H groups in total. The van der Waals surface area contributed by atoms with Crippen LogP contribution in [0.4, 0.5) is 0 Å². The van der Waals surface area contributed by atoms with Crippen LogP contribution < -0.4 is 4.74 Å². The second-order valence-electron chi connectivity index (χ2n) is 6.55. The SMILES string of the molecule is CCOc1ccccc1CCC(=O)N1CCCC1Cn1ccnc1C. The van der Waals surface area contributed by atoms with E-state index in [1.807, 2.05) is 44.4 Å². The highest BCUT2D eigenvalue weighted by molar-refractivity contribution is 5.77. The summed E-state index contributed by atoms with van der Waals surface area (Å²) < 4.78 is 7.80. The lowest BCUT2D eigenvalue weighted by atomic mass is 10.1. The van der Waals surface area contributed by atoms with E-state index in [1.165, 1.54) is 0 Å². The molecule has 2 heterocycles. The lowest BCUT2D eigenvalue weighted by molar-refractivity contribution is -0.132. The molecule has 2 aromatic rings. The summed E-state index contributed by atoms with van der Waals surface area (Å²) in [5, 5.41) is 0. The molecule has 3 rings (SSSR count). The largest absolute Gasteiger partial charge is 0.494 e. The maximum atomic E-state index is 12.8. The minimum absolute atomic E-state index is 0.242. The Kier molecular flexibility index (Phi) is 5.74. The van der Waals surface area contributed by atoms with Crippen molar-refractivity contribution in [3.63, 3.8) is 0 Å². The first-order valence-corrected chi connectivity index (χ1v) is 9.17. The number of nitrogens with zero attached hydrogens (tertiary/aromatic N) is 3. The Bertz CT molecular complexity index is 710. The van der Waals surface area contributed by atoms with E-state index >= 15 is 0 Å². The van der Waals surface area contributed by atoms with Crippen molar-refractivity contribution >= 4 is 5.91 Å². The van der Waals surface area contributed by atoms with Crippen molar-refractivity contribution in [3.05, 3.63) is 48.0 Å². The van der Waals surface area contributed by atoms with E-state index in [4.69, 9.17) is 4.74 Å². The number of likely N-dealkylation sites (tertiary alicyclic amines) is 1. The van der Waals surface area contributed by atoms with Gasteiger partial charge in [-0.15, -0.1) is 0 Å². The van der Waals surface area contributed by atoms with Gasteiger partial charge in [0.15, 0.2) is 0 Å². The summed E-state index contributed by atoms with van der Waals surface area (Å²) in [4.78, 5) is 19.1. The van der Waals surface area contributed by atoms with Crippen molar-refractivity contribution in [2.75, 3.05) is 13.2 Å². The van der Waals surface area contributed by atoms with Gasteiger partial charge in [-0.2, -0.15) is 0 Å². The van der Waals surface area contributed by atoms with Gasteiger partial charge in [-0.3, -0.25) is 4.79 Å². The summed E-state index contributed by atoms with van der Waals surface area (Å²) in [7, 11) is 0. The number of rotatable bonds is 7. The summed E-state index contributed by atoms with van der Waals surface area (Å²) in [5.74, 6) is 2.14. The van der Waals surface area contributed by atoms with E-state index in [9.17, 15) is 4.79 Å². The first-order valence-electron chi connectivity index (χ1n) is 9.17. The van der Waals surface area contributed by atoms with E-state index in [0.717, 1.165) is 49.5 Å². The number of carbonyl (C=O) groups excluding carboxylic acids is 1. The maximum Gasteiger partial charge on any atom is 0.223 e. The number of imidazole rings is 1. The lowest BCUT2D eigenvalue weighted by Gasteiger charge is -2.25. The van der Waals surface area contributed by atoms with Gasteiger partial charge in [-0.05, 0) is 44.7 Å². The van der Waals surface area contributed by atoms with E-state index in [-0.39, 0.29) is 11.9 Å². The van der Waals surface area contributed by atoms with Crippen molar-refractivity contribution in [1.29, 1.82) is 0 Å². The highest BCUT2D eigenvalue weighted by atomic mass is 16.5. The molecule has 0 saturated carbocycles. The number of hydrogen-bond donors (Lipinski definition) is 0. The van der Waals surface area contributed by atoms with Crippen molar-refractivity contribution in [1.82, 2.24) is 14.5 Å². The summed E-state index contributed by atoms with van der Waals surface area (Å²) in [6.07, 6.45) is 7.22. The first kappa shape index (κ1) is 17.5. The average Bonchev–Trinajstić information content (AvgIpc) is 3.24. The predicted octanol–water partition coefficient (Wildman–Crippen LogP) is 3.21. The van der Waals surface area contributed by atoms with E-state index in [0.29, 0.717) is 13.0 Å². The Labute approximate surface area is 149 Å². The van der Waals surface area contributed by atoms with Crippen LogP contribution in [0, 0.1) is 6.92 Å². The zero-order valence-corrected chi connectivity index (χ0v) is 15.1. The normalized spacial score (nSPS) is 17.0. The van der Waals surface area contributed by atoms with Gasteiger partial charge < -0.3 is 14.2 Å². The molecule has 1 aliphatic rings. The Morgan fingerprint density at radius 2 is 2.20 bits per heavy atom. The third-order valence-corrected chi connectivity index (χ3v) is 4.91. The van der Waals surface area contributed by atoms with Gasteiger partial charge in [0, 0.05) is 37.9 Å². The van der Waals surface area contributed by atoms with Gasteiger partial charge in [0.05, 0.1) is 6.61 Å². The third-order valence-electron chi connectivity index (χ3n) is 4.91. The Morgan fingerprint density at radius 1 is 1.36 bits per heavy atom. The van der Waals surface area contributed by atoms with Crippen LogP contribution in [-0.2, 0) is 17.8 Å². The Balaban J connectivity index is 1.60. The highest BCUT2D eigenvalue weighted by Crippen LogP contribution is 2.23. The number of hydrogen-bond acceptors (Lipinski definition) is 3. The van der Waals surface area contributed by atoms with Crippen LogP contribution in [0.15, 0.2) is 36.7 Å². The standard InChI is InChI=1S/C20H27N3O2/c1-3-25-19-9-5-4-7-17(19)10-11-20(24)23-13-6-8-18(23)15-22-14-12-21-16(22)2/h4-5,7,9,12,14,18H,3,6,8,10-11,13,15H2,1-2H3. The van der Waals surface area contributed by atoms with Gasteiger partial charge in [0.25, 0.3) is 0 Å². The number of benzene rings is 1. The van der Waals surface area contributed by atoms with Gasteiger partial charge in [-0.25, -0.2) is 4.98 Å². The van der Waals surface area contributed by atoms with Crippen LogP contribution >= 0.6 is 0 Å². The summed E-state index contributed by atoms with van der Waals surface area (Å²) in [6, 6.07) is 8.28. The van der Waals surface area contributed by atoms with E-state index in [1.54, 1.807) is 0 Å². The molecule has 25 heavy (non-hydrogen) atoms. The van der Waals surface area contributed by atoms with Crippen LogP contribution in [0.1, 0.15) is 37.6 Å². The zero-order chi connectivity index (χ0) is 17.6. The highest BCUT2D eigenvalue weighted by Gasteiger charge is 2.28. The monoisotopic (exact) mass is 341 g/mol. The number of amides is 1. The van der Waals surface area contributed by atoms with Crippen molar-refractivity contribution in [2.45, 2.75) is 52.1 Å². The Morgan fingerprint density at radius 3 is 2.96 bits per heavy atom. The number of aryl methyl sites for hydroxylation is 2. The van der Waals surface area contributed by atoms with Gasteiger partial charge in [0.2, 0.25) is 5.91 Å². The molecule has 0 spiro atoms. The first-order chi connectivity index (χ1) is 12.2. The molecule has 134 valence electrons.